The van der Waals surface area contributed by atoms with Crippen molar-refractivity contribution in [1.82, 2.24) is 0 Å². The predicted molar refractivity (Wildman–Crippen MR) is 95.0 cm³/mol. The quantitative estimate of drug-likeness (QED) is 0.455. The van der Waals surface area contributed by atoms with Gasteiger partial charge in [-0.05, 0) is 64.5 Å². The van der Waals surface area contributed by atoms with Crippen LogP contribution in [0.3, 0.4) is 0 Å². The summed E-state index contributed by atoms with van der Waals surface area (Å²) in [5.41, 5.74) is 1.23. The van der Waals surface area contributed by atoms with Crippen LogP contribution in [0.4, 0.5) is 4.79 Å². The van der Waals surface area contributed by atoms with Crippen molar-refractivity contribution < 1.29 is 19.0 Å². The minimum Gasteiger partial charge on any atom is -0.497 e. The van der Waals surface area contributed by atoms with Crippen LogP contribution in [0.15, 0.2) is 35.9 Å². The summed E-state index contributed by atoms with van der Waals surface area (Å²) in [7, 11) is 1.62. The van der Waals surface area contributed by atoms with E-state index in [0.29, 0.717) is 6.42 Å². The standard InChI is InChI=1S/C20H26O4/c1-7-15(2)18(23-19(21)24-20(3,4)5)10-8-9-16-11-13-17(22-6)14-12-16/h7,11-14,18H,10H2,1-6H3/b15-7+. The van der Waals surface area contributed by atoms with Gasteiger partial charge in [-0.15, -0.1) is 0 Å². The van der Waals surface area contributed by atoms with Gasteiger partial charge in [0.05, 0.1) is 13.5 Å². The molecule has 0 fully saturated rings. The smallest absolute Gasteiger partial charge is 0.497 e. The van der Waals surface area contributed by atoms with E-state index in [-0.39, 0.29) is 0 Å². The number of rotatable bonds is 4. The van der Waals surface area contributed by atoms with Crippen LogP contribution in [0.1, 0.15) is 46.6 Å². The van der Waals surface area contributed by atoms with Gasteiger partial charge in [0.1, 0.15) is 17.5 Å². The lowest BCUT2D eigenvalue weighted by molar-refractivity contribution is -0.0193. The summed E-state index contributed by atoms with van der Waals surface area (Å²) < 4.78 is 15.7. The van der Waals surface area contributed by atoms with Crippen molar-refractivity contribution in [1.29, 1.82) is 0 Å². The van der Waals surface area contributed by atoms with Crippen molar-refractivity contribution in [3.63, 3.8) is 0 Å². The first kappa shape index (κ1) is 19.6. The van der Waals surface area contributed by atoms with E-state index < -0.39 is 17.9 Å². The van der Waals surface area contributed by atoms with E-state index in [0.717, 1.165) is 16.9 Å². The second-order valence-electron chi connectivity index (χ2n) is 6.34. The van der Waals surface area contributed by atoms with Crippen LogP contribution in [-0.4, -0.2) is 25.0 Å². The molecule has 0 bridgehead atoms. The Morgan fingerprint density at radius 1 is 1.25 bits per heavy atom. The first-order valence-electron chi connectivity index (χ1n) is 7.90. The fraction of sp³-hybridized carbons (Fsp3) is 0.450. The van der Waals surface area contributed by atoms with Crippen LogP contribution in [0.25, 0.3) is 0 Å². The third kappa shape index (κ3) is 7.23. The average molecular weight is 330 g/mol. The van der Waals surface area contributed by atoms with Gasteiger partial charge in [-0.1, -0.05) is 17.9 Å². The van der Waals surface area contributed by atoms with Crippen LogP contribution < -0.4 is 4.74 Å². The molecular weight excluding hydrogens is 304 g/mol. The highest BCUT2D eigenvalue weighted by atomic mass is 16.7. The molecule has 0 aliphatic carbocycles. The Balaban J connectivity index is 2.73. The van der Waals surface area contributed by atoms with Crippen molar-refractivity contribution in [2.24, 2.45) is 0 Å². The maximum atomic E-state index is 11.9. The summed E-state index contributed by atoms with van der Waals surface area (Å²) in [4.78, 5) is 11.9. The molecule has 1 aromatic rings. The Kier molecular flexibility index (Phi) is 7.38. The van der Waals surface area contributed by atoms with Crippen LogP contribution in [0.5, 0.6) is 5.75 Å². The Morgan fingerprint density at radius 3 is 2.38 bits per heavy atom. The molecule has 0 radical (unpaired) electrons. The molecular formula is C20H26O4. The number of ether oxygens (including phenoxy) is 3. The average Bonchev–Trinajstić information content (AvgIpc) is 2.52. The van der Waals surface area contributed by atoms with Crippen LogP contribution in [0.2, 0.25) is 0 Å². The molecule has 0 spiro atoms. The Labute approximate surface area is 144 Å². The highest BCUT2D eigenvalue weighted by Crippen LogP contribution is 2.15. The van der Waals surface area contributed by atoms with Crippen molar-refractivity contribution in [3.05, 3.63) is 41.5 Å². The molecule has 1 atom stereocenters. The summed E-state index contributed by atoms with van der Waals surface area (Å²) in [6.45, 7) is 9.21. The van der Waals surface area contributed by atoms with Crippen LogP contribution in [-0.2, 0) is 9.47 Å². The first-order chi connectivity index (χ1) is 11.2. The lowest BCUT2D eigenvalue weighted by Crippen LogP contribution is -2.28. The van der Waals surface area contributed by atoms with E-state index in [9.17, 15) is 4.79 Å². The molecule has 0 saturated carbocycles. The van der Waals surface area contributed by atoms with Gasteiger partial charge in [-0.25, -0.2) is 4.79 Å². The largest absolute Gasteiger partial charge is 0.509 e. The van der Waals surface area contributed by atoms with Gasteiger partial charge in [-0.2, -0.15) is 0 Å². The van der Waals surface area contributed by atoms with E-state index in [1.54, 1.807) is 27.9 Å². The number of carbonyl (C=O) groups excluding carboxylic acids is 1. The molecule has 1 rings (SSSR count). The Hall–Kier alpha value is -2.41. The lowest BCUT2D eigenvalue weighted by atomic mass is 10.1. The van der Waals surface area contributed by atoms with E-state index in [1.165, 1.54) is 0 Å². The van der Waals surface area contributed by atoms with E-state index in [4.69, 9.17) is 14.2 Å². The molecule has 0 N–H and O–H groups in total. The number of methoxy groups -OCH3 is 1. The maximum Gasteiger partial charge on any atom is 0.509 e. The van der Waals surface area contributed by atoms with Gasteiger partial charge in [0.15, 0.2) is 0 Å². The Bertz CT molecular complexity index is 624. The Morgan fingerprint density at radius 2 is 1.88 bits per heavy atom. The highest BCUT2D eigenvalue weighted by molar-refractivity contribution is 5.61. The summed E-state index contributed by atoms with van der Waals surface area (Å²) in [5, 5.41) is 0. The number of carbonyl (C=O) groups is 1. The molecule has 4 heteroatoms. The van der Waals surface area contributed by atoms with Crippen molar-refractivity contribution in [3.8, 4) is 17.6 Å². The zero-order chi connectivity index (χ0) is 18.2. The lowest BCUT2D eigenvalue weighted by Gasteiger charge is -2.22. The van der Waals surface area contributed by atoms with Crippen molar-refractivity contribution >= 4 is 6.16 Å². The predicted octanol–water partition coefficient (Wildman–Crippen LogP) is 4.72. The number of hydrogen-bond acceptors (Lipinski definition) is 4. The molecule has 4 nitrogen and oxygen atoms in total. The number of hydrogen-bond donors (Lipinski definition) is 0. The SMILES string of the molecule is C/C=C(\C)C(CC#Cc1ccc(OC)cc1)OC(=O)OC(C)(C)C. The van der Waals surface area contributed by atoms with E-state index in [1.807, 2.05) is 44.2 Å². The molecule has 0 saturated heterocycles. The number of allylic oxidation sites excluding steroid dienone is 1. The topological polar surface area (TPSA) is 44.8 Å². The summed E-state index contributed by atoms with van der Waals surface area (Å²) in [5.74, 6) is 6.91. The molecule has 130 valence electrons. The monoisotopic (exact) mass is 330 g/mol. The number of benzene rings is 1. The van der Waals surface area contributed by atoms with Gasteiger partial charge in [0.25, 0.3) is 0 Å². The molecule has 0 aliphatic heterocycles. The molecule has 24 heavy (non-hydrogen) atoms. The second kappa shape index (κ2) is 9.02. The van der Waals surface area contributed by atoms with Crippen molar-refractivity contribution in [2.75, 3.05) is 7.11 Å². The third-order valence-corrected chi connectivity index (χ3v) is 3.20. The highest BCUT2D eigenvalue weighted by Gasteiger charge is 2.21. The molecule has 0 heterocycles. The molecule has 0 aromatic heterocycles. The minimum absolute atomic E-state index is 0.404. The van der Waals surface area contributed by atoms with Crippen molar-refractivity contribution in [2.45, 2.75) is 52.7 Å². The van der Waals surface area contributed by atoms with Crippen LogP contribution >= 0.6 is 0 Å². The third-order valence-electron chi connectivity index (χ3n) is 3.20. The minimum atomic E-state index is -0.681. The zero-order valence-electron chi connectivity index (χ0n) is 15.3. The van der Waals surface area contributed by atoms with Crippen LogP contribution in [0, 0.1) is 11.8 Å². The maximum absolute atomic E-state index is 11.9. The van der Waals surface area contributed by atoms with Gasteiger partial charge in [-0.3, -0.25) is 0 Å². The zero-order valence-corrected chi connectivity index (χ0v) is 15.3. The van der Waals surface area contributed by atoms with Gasteiger partial charge < -0.3 is 14.2 Å². The normalized spacial score (nSPS) is 12.7. The van der Waals surface area contributed by atoms with E-state index in [2.05, 4.69) is 11.8 Å². The summed E-state index contributed by atoms with van der Waals surface area (Å²) in [6, 6.07) is 7.49. The summed E-state index contributed by atoms with van der Waals surface area (Å²) in [6.07, 6.45) is 1.21. The first-order valence-corrected chi connectivity index (χ1v) is 7.90. The fourth-order valence-electron chi connectivity index (χ4n) is 1.79. The molecule has 0 amide bonds. The van der Waals surface area contributed by atoms with Gasteiger partial charge in [0, 0.05) is 5.56 Å². The fourth-order valence-corrected chi connectivity index (χ4v) is 1.79. The van der Waals surface area contributed by atoms with Gasteiger partial charge >= 0.3 is 6.16 Å². The van der Waals surface area contributed by atoms with Gasteiger partial charge in [0.2, 0.25) is 0 Å². The second-order valence-corrected chi connectivity index (χ2v) is 6.34. The molecule has 1 unspecified atom stereocenters. The molecule has 1 aromatic carbocycles. The summed E-state index contributed by atoms with van der Waals surface area (Å²) >= 11 is 0. The van der Waals surface area contributed by atoms with E-state index >= 15 is 0 Å². The molecule has 0 aliphatic rings.